The standard InChI is InChI=1S/C28H36N4O/c1-21(2)30-14-16-31(17-15-30)28(33)23-11-12-24-25(19-29-26(24)18-23)27-10-6-7-13-32(27)20-22-8-4-3-5-9-22/h3-5,8-9,11-12,18-19,21,27,29H,6-7,10,13-17,20H2,1-2H3. The number of piperidine rings is 1. The summed E-state index contributed by atoms with van der Waals surface area (Å²) in [5.74, 6) is 0.153. The number of rotatable bonds is 5. The molecule has 2 fully saturated rings. The SMILES string of the molecule is CC(C)N1CCN(C(=O)c2ccc3c(C4CCCCN4Cc4ccccc4)c[nH]c3c2)CC1. The lowest BCUT2D eigenvalue weighted by molar-refractivity contribution is 0.0595. The van der Waals surface area contributed by atoms with Gasteiger partial charge in [0, 0.05) is 67.5 Å². The van der Waals surface area contributed by atoms with E-state index in [0.717, 1.165) is 50.3 Å². The minimum atomic E-state index is 0.153. The number of piperazine rings is 1. The lowest BCUT2D eigenvalue weighted by atomic mass is 9.94. The zero-order chi connectivity index (χ0) is 22.8. The molecular weight excluding hydrogens is 408 g/mol. The van der Waals surface area contributed by atoms with Crippen molar-refractivity contribution in [3.8, 4) is 0 Å². The molecule has 5 heteroatoms. The van der Waals surface area contributed by atoms with Gasteiger partial charge < -0.3 is 9.88 Å². The van der Waals surface area contributed by atoms with E-state index in [0.29, 0.717) is 12.1 Å². The van der Waals surface area contributed by atoms with E-state index in [9.17, 15) is 4.79 Å². The molecule has 2 aromatic carbocycles. The normalized spacial score (nSPS) is 20.6. The summed E-state index contributed by atoms with van der Waals surface area (Å²) in [4.78, 5) is 23.7. The first-order chi connectivity index (χ1) is 16.1. The van der Waals surface area contributed by atoms with Gasteiger partial charge in [0.15, 0.2) is 0 Å². The fraction of sp³-hybridized carbons (Fsp3) is 0.464. The van der Waals surface area contributed by atoms with E-state index in [1.807, 2.05) is 11.0 Å². The molecule has 0 spiro atoms. The minimum absolute atomic E-state index is 0.153. The summed E-state index contributed by atoms with van der Waals surface area (Å²) >= 11 is 0. The number of H-pyrrole nitrogens is 1. The third-order valence-electron chi connectivity index (χ3n) is 7.49. The molecule has 3 heterocycles. The van der Waals surface area contributed by atoms with Crippen LogP contribution < -0.4 is 0 Å². The van der Waals surface area contributed by atoms with Crippen LogP contribution in [0.2, 0.25) is 0 Å². The summed E-state index contributed by atoms with van der Waals surface area (Å²) in [6.45, 7) is 10.1. The topological polar surface area (TPSA) is 42.6 Å². The quantitative estimate of drug-likeness (QED) is 0.598. The van der Waals surface area contributed by atoms with Crippen molar-refractivity contribution in [1.29, 1.82) is 0 Å². The Bertz CT molecular complexity index is 1080. The molecule has 1 aromatic heterocycles. The average Bonchev–Trinajstić information content (AvgIpc) is 3.28. The van der Waals surface area contributed by atoms with Crippen molar-refractivity contribution in [3.63, 3.8) is 0 Å². The Morgan fingerprint density at radius 2 is 1.79 bits per heavy atom. The Morgan fingerprint density at radius 3 is 2.55 bits per heavy atom. The number of fused-ring (bicyclic) bond motifs is 1. The molecule has 2 saturated heterocycles. The Kier molecular flexibility index (Phi) is 6.52. The second-order valence-electron chi connectivity index (χ2n) is 9.89. The predicted molar refractivity (Wildman–Crippen MR) is 134 cm³/mol. The Hall–Kier alpha value is -2.63. The molecule has 3 aromatic rings. The molecule has 0 bridgehead atoms. The van der Waals surface area contributed by atoms with Gasteiger partial charge in [-0.3, -0.25) is 14.6 Å². The number of carbonyl (C=O) groups excluding carboxylic acids is 1. The summed E-state index contributed by atoms with van der Waals surface area (Å²) in [5, 5.41) is 1.25. The molecule has 2 aliphatic heterocycles. The molecular formula is C28H36N4O. The Morgan fingerprint density at radius 1 is 1.00 bits per heavy atom. The van der Waals surface area contributed by atoms with Crippen LogP contribution in [-0.2, 0) is 6.54 Å². The van der Waals surface area contributed by atoms with Gasteiger partial charge in [-0.05, 0) is 56.5 Å². The maximum atomic E-state index is 13.2. The number of hydrogen-bond donors (Lipinski definition) is 1. The first-order valence-corrected chi connectivity index (χ1v) is 12.5. The lowest BCUT2D eigenvalue weighted by Gasteiger charge is -2.37. The van der Waals surface area contributed by atoms with Crippen LogP contribution in [0.15, 0.2) is 54.7 Å². The van der Waals surface area contributed by atoms with Gasteiger partial charge in [-0.2, -0.15) is 0 Å². The molecule has 174 valence electrons. The number of nitrogens with one attached hydrogen (secondary N) is 1. The van der Waals surface area contributed by atoms with Crippen molar-refractivity contribution in [3.05, 3.63) is 71.4 Å². The van der Waals surface area contributed by atoms with Gasteiger partial charge in [-0.1, -0.05) is 42.8 Å². The third-order valence-corrected chi connectivity index (χ3v) is 7.49. The summed E-state index contributed by atoms with van der Waals surface area (Å²) in [5.41, 5.74) is 4.60. The van der Waals surface area contributed by atoms with Gasteiger partial charge in [0.1, 0.15) is 0 Å². The highest BCUT2D eigenvalue weighted by Gasteiger charge is 2.27. The molecule has 33 heavy (non-hydrogen) atoms. The van der Waals surface area contributed by atoms with Crippen molar-refractivity contribution in [2.24, 2.45) is 0 Å². The number of aromatic amines is 1. The molecule has 1 unspecified atom stereocenters. The smallest absolute Gasteiger partial charge is 0.254 e. The summed E-state index contributed by atoms with van der Waals surface area (Å²) in [7, 11) is 0. The number of carbonyl (C=O) groups is 1. The fourth-order valence-electron chi connectivity index (χ4n) is 5.53. The van der Waals surface area contributed by atoms with E-state index in [-0.39, 0.29) is 5.91 Å². The highest BCUT2D eigenvalue weighted by atomic mass is 16.2. The van der Waals surface area contributed by atoms with Crippen LogP contribution in [-0.4, -0.2) is 64.4 Å². The number of aromatic nitrogens is 1. The van der Waals surface area contributed by atoms with Crippen LogP contribution >= 0.6 is 0 Å². The molecule has 1 N–H and O–H groups in total. The molecule has 1 atom stereocenters. The van der Waals surface area contributed by atoms with Gasteiger partial charge in [-0.15, -0.1) is 0 Å². The van der Waals surface area contributed by atoms with Crippen LogP contribution in [0, 0.1) is 0 Å². The molecule has 5 nitrogen and oxygen atoms in total. The largest absolute Gasteiger partial charge is 0.361 e. The van der Waals surface area contributed by atoms with Crippen molar-refractivity contribution >= 4 is 16.8 Å². The van der Waals surface area contributed by atoms with Gasteiger partial charge in [0.2, 0.25) is 0 Å². The predicted octanol–water partition coefficient (Wildman–Crippen LogP) is 5.06. The maximum absolute atomic E-state index is 13.2. The monoisotopic (exact) mass is 444 g/mol. The Labute approximate surface area is 197 Å². The Balaban J connectivity index is 1.34. The number of amides is 1. The van der Waals surface area contributed by atoms with Crippen LogP contribution in [0.4, 0.5) is 0 Å². The zero-order valence-corrected chi connectivity index (χ0v) is 20.0. The van der Waals surface area contributed by atoms with Crippen LogP contribution in [0.25, 0.3) is 10.9 Å². The van der Waals surface area contributed by atoms with E-state index in [2.05, 4.69) is 77.3 Å². The molecule has 0 saturated carbocycles. The number of likely N-dealkylation sites (tertiary alicyclic amines) is 1. The minimum Gasteiger partial charge on any atom is -0.361 e. The molecule has 1 amide bonds. The molecule has 0 aliphatic carbocycles. The molecule has 5 rings (SSSR count). The first-order valence-electron chi connectivity index (χ1n) is 12.5. The van der Waals surface area contributed by atoms with Crippen LogP contribution in [0.1, 0.15) is 60.6 Å². The highest BCUT2D eigenvalue weighted by Crippen LogP contribution is 2.36. The van der Waals surface area contributed by atoms with Crippen LogP contribution in [0.3, 0.4) is 0 Å². The number of nitrogens with zero attached hydrogens (tertiary/aromatic N) is 3. The van der Waals surface area contributed by atoms with Crippen molar-refractivity contribution in [1.82, 2.24) is 19.7 Å². The average molecular weight is 445 g/mol. The maximum Gasteiger partial charge on any atom is 0.254 e. The lowest BCUT2D eigenvalue weighted by Crippen LogP contribution is -2.50. The second kappa shape index (κ2) is 9.70. The fourth-order valence-corrected chi connectivity index (χ4v) is 5.53. The van der Waals surface area contributed by atoms with E-state index >= 15 is 0 Å². The van der Waals surface area contributed by atoms with E-state index in [1.54, 1.807) is 0 Å². The highest BCUT2D eigenvalue weighted by molar-refractivity contribution is 5.98. The number of benzene rings is 2. The van der Waals surface area contributed by atoms with E-state index in [4.69, 9.17) is 0 Å². The van der Waals surface area contributed by atoms with E-state index in [1.165, 1.54) is 35.8 Å². The molecule has 2 aliphatic rings. The van der Waals surface area contributed by atoms with Gasteiger partial charge in [-0.25, -0.2) is 0 Å². The van der Waals surface area contributed by atoms with Crippen LogP contribution in [0.5, 0.6) is 0 Å². The van der Waals surface area contributed by atoms with Gasteiger partial charge in [0.05, 0.1) is 0 Å². The summed E-state index contributed by atoms with van der Waals surface area (Å²) in [6.07, 6.45) is 5.88. The van der Waals surface area contributed by atoms with Crippen molar-refractivity contribution < 1.29 is 4.79 Å². The third kappa shape index (κ3) is 4.71. The van der Waals surface area contributed by atoms with E-state index < -0.39 is 0 Å². The zero-order valence-electron chi connectivity index (χ0n) is 20.0. The first kappa shape index (κ1) is 22.2. The second-order valence-corrected chi connectivity index (χ2v) is 9.89. The van der Waals surface area contributed by atoms with Crippen molar-refractivity contribution in [2.75, 3.05) is 32.7 Å². The van der Waals surface area contributed by atoms with Gasteiger partial charge in [0.25, 0.3) is 5.91 Å². The number of hydrogen-bond acceptors (Lipinski definition) is 3. The van der Waals surface area contributed by atoms with Gasteiger partial charge >= 0.3 is 0 Å². The van der Waals surface area contributed by atoms with Crippen molar-refractivity contribution in [2.45, 2.75) is 51.7 Å². The summed E-state index contributed by atoms with van der Waals surface area (Å²) < 4.78 is 0. The summed E-state index contributed by atoms with van der Waals surface area (Å²) in [6, 6.07) is 18.0. The molecule has 0 radical (unpaired) electrons.